The van der Waals surface area contributed by atoms with Gasteiger partial charge in [-0.15, -0.1) is 11.3 Å². The molecule has 3 atom stereocenters. The van der Waals surface area contributed by atoms with Crippen LogP contribution in [0.3, 0.4) is 0 Å². The van der Waals surface area contributed by atoms with E-state index in [1.807, 2.05) is 71.3 Å². The highest BCUT2D eigenvalue weighted by Crippen LogP contribution is 2.27. The van der Waals surface area contributed by atoms with Crippen molar-refractivity contribution in [1.29, 1.82) is 0 Å². The van der Waals surface area contributed by atoms with E-state index >= 15 is 0 Å². The molecule has 3 amide bonds. The average Bonchev–Trinajstić information content (AvgIpc) is 3.52. The quantitative estimate of drug-likeness (QED) is 0.462. The molecule has 2 aromatic rings. The Balaban J connectivity index is 0.00000247. The molecular weight excluding hydrogens is 500 g/mol. The highest BCUT2D eigenvalue weighted by atomic mass is 32.1. The lowest BCUT2D eigenvalue weighted by Gasteiger charge is -2.34. The van der Waals surface area contributed by atoms with Crippen molar-refractivity contribution < 1.29 is 19.5 Å². The minimum absolute atomic E-state index is 0.0875. The number of rotatable bonds is 10. The molecule has 3 rings (SSSR count). The first-order chi connectivity index (χ1) is 18.1. The summed E-state index contributed by atoms with van der Waals surface area (Å²) in [7, 11) is 1.65. The number of likely N-dealkylation sites (tertiary alicyclic amines) is 1. The number of aliphatic hydroxyl groups excluding tert-OH is 1. The molecule has 9 heteroatoms. The van der Waals surface area contributed by atoms with E-state index in [0.717, 1.165) is 21.7 Å². The maximum absolute atomic E-state index is 13.6. The fraction of sp³-hybridized carbons (Fsp3) is 0.586. The Morgan fingerprint density at radius 3 is 2.42 bits per heavy atom. The largest absolute Gasteiger partial charge is 0.391 e. The molecule has 3 unspecified atom stereocenters. The molecular formula is C29H44N4O4S. The fourth-order valence-electron chi connectivity index (χ4n) is 4.59. The Labute approximate surface area is 231 Å². The molecule has 1 aromatic carbocycles. The Morgan fingerprint density at radius 1 is 1.21 bits per heavy atom. The van der Waals surface area contributed by atoms with Crippen LogP contribution in [0.25, 0.3) is 10.4 Å². The van der Waals surface area contributed by atoms with Gasteiger partial charge in [0.05, 0.1) is 22.2 Å². The van der Waals surface area contributed by atoms with E-state index in [1.165, 1.54) is 9.80 Å². The van der Waals surface area contributed by atoms with Gasteiger partial charge in [0.2, 0.25) is 17.7 Å². The number of thiazole rings is 1. The molecule has 0 bridgehead atoms. The Hall–Kier alpha value is -2.78. The summed E-state index contributed by atoms with van der Waals surface area (Å²) in [6.45, 7) is 12.3. The molecule has 1 aromatic heterocycles. The summed E-state index contributed by atoms with van der Waals surface area (Å²) in [6.07, 6.45) is 0.971. The number of amides is 3. The topological polar surface area (TPSA) is 103 Å². The van der Waals surface area contributed by atoms with Crippen molar-refractivity contribution in [2.45, 2.75) is 92.0 Å². The van der Waals surface area contributed by atoms with E-state index in [2.05, 4.69) is 10.3 Å². The summed E-state index contributed by atoms with van der Waals surface area (Å²) in [5.41, 5.74) is 4.83. The number of carbonyl (C=O) groups excluding carboxylic acids is 3. The predicted molar refractivity (Wildman–Crippen MR) is 153 cm³/mol. The number of β-amino-alcohol motifs (C(OH)–C–C–N with tert-alkyl or cyclic N) is 1. The van der Waals surface area contributed by atoms with Crippen LogP contribution in [0.15, 0.2) is 29.8 Å². The molecule has 0 radical (unpaired) electrons. The molecule has 1 aliphatic rings. The molecule has 8 nitrogen and oxygen atoms in total. The van der Waals surface area contributed by atoms with Crippen LogP contribution >= 0.6 is 11.3 Å². The molecule has 38 heavy (non-hydrogen) atoms. The standard InChI is InChI=1S/C27H38N4O4S.C2H6/c1-6-7-24(33)30(5)23(12-17(2)3)27(35)31-15-21(32)13-22(31)26(34)28-14-19-8-10-20(11-9-19)25-18(4)29-16-36-25;1-2/h8-11,16-17,21-23,32H,6-7,12-15H2,1-5H3,(H,28,34);1-2H3. The minimum atomic E-state index is -0.775. The van der Waals surface area contributed by atoms with Crippen LogP contribution in [-0.4, -0.2) is 69.4 Å². The van der Waals surface area contributed by atoms with Crippen molar-refractivity contribution in [3.63, 3.8) is 0 Å². The molecule has 2 heterocycles. The van der Waals surface area contributed by atoms with Crippen molar-refractivity contribution in [2.75, 3.05) is 13.6 Å². The van der Waals surface area contributed by atoms with Gasteiger partial charge in [-0.25, -0.2) is 4.98 Å². The van der Waals surface area contributed by atoms with Crippen LogP contribution in [0.2, 0.25) is 0 Å². The molecule has 210 valence electrons. The molecule has 1 saturated heterocycles. The molecule has 1 aliphatic heterocycles. The van der Waals surface area contributed by atoms with Gasteiger partial charge in [0.15, 0.2) is 0 Å². The number of nitrogens with one attached hydrogen (secondary N) is 1. The maximum Gasteiger partial charge on any atom is 0.246 e. The molecule has 1 fully saturated rings. The summed E-state index contributed by atoms with van der Waals surface area (Å²) < 4.78 is 0. The van der Waals surface area contributed by atoms with E-state index in [-0.39, 0.29) is 36.6 Å². The van der Waals surface area contributed by atoms with Crippen molar-refractivity contribution >= 4 is 29.1 Å². The first-order valence-electron chi connectivity index (χ1n) is 13.6. The van der Waals surface area contributed by atoms with E-state index < -0.39 is 18.2 Å². The second-order valence-electron chi connectivity index (χ2n) is 9.98. The third-order valence-electron chi connectivity index (χ3n) is 6.60. The lowest BCUT2D eigenvalue weighted by Crippen LogP contribution is -2.54. The first-order valence-corrected chi connectivity index (χ1v) is 14.5. The van der Waals surface area contributed by atoms with Gasteiger partial charge in [-0.05, 0) is 36.8 Å². The zero-order chi connectivity index (χ0) is 28.4. The van der Waals surface area contributed by atoms with Crippen LogP contribution in [0.4, 0.5) is 0 Å². The fourth-order valence-corrected chi connectivity index (χ4v) is 5.40. The summed E-state index contributed by atoms with van der Waals surface area (Å²) in [6, 6.07) is 6.53. The number of aryl methyl sites for hydroxylation is 1. The average molecular weight is 545 g/mol. The van der Waals surface area contributed by atoms with Gasteiger partial charge >= 0.3 is 0 Å². The van der Waals surface area contributed by atoms with Crippen molar-refractivity contribution in [3.05, 3.63) is 41.0 Å². The summed E-state index contributed by atoms with van der Waals surface area (Å²) in [5.74, 6) is -0.480. The zero-order valence-corrected chi connectivity index (χ0v) is 24.7. The predicted octanol–water partition coefficient (Wildman–Crippen LogP) is 4.40. The number of hydrogen-bond acceptors (Lipinski definition) is 6. The molecule has 2 N–H and O–H groups in total. The third kappa shape index (κ3) is 8.11. The van der Waals surface area contributed by atoms with Crippen LogP contribution in [0.5, 0.6) is 0 Å². The van der Waals surface area contributed by atoms with Crippen LogP contribution in [0.1, 0.15) is 71.6 Å². The smallest absolute Gasteiger partial charge is 0.246 e. The monoisotopic (exact) mass is 544 g/mol. The van der Waals surface area contributed by atoms with Crippen molar-refractivity contribution in [1.82, 2.24) is 20.1 Å². The highest BCUT2D eigenvalue weighted by molar-refractivity contribution is 7.13. The Bertz CT molecular complexity index is 1050. The minimum Gasteiger partial charge on any atom is -0.391 e. The lowest BCUT2D eigenvalue weighted by molar-refractivity contribution is -0.148. The number of benzene rings is 1. The first kappa shape index (κ1) is 31.4. The van der Waals surface area contributed by atoms with E-state index in [9.17, 15) is 19.5 Å². The highest BCUT2D eigenvalue weighted by Gasteiger charge is 2.42. The van der Waals surface area contributed by atoms with Crippen molar-refractivity contribution in [3.8, 4) is 10.4 Å². The molecule has 0 saturated carbocycles. The van der Waals surface area contributed by atoms with Gasteiger partial charge in [-0.2, -0.15) is 0 Å². The lowest BCUT2D eigenvalue weighted by atomic mass is 10.0. The zero-order valence-electron chi connectivity index (χ0n) is 23.9. The summed E-state index contributed by atoms with van der Waals surface area (Å²) >= 11 is 1.59. The second kappa shape index (κ2) is 15.0. The molecule has 0 aliphatic carbocycles. The van der Waals surface area contributed by atoms with Gasteiger partial charge in [-0.1, -0.05) is 58.9 Å². The van der Waals surface area contributed by atoms with E-state index in [1.54, 1.807) is 18.4 Å². The van der Waals surface area contributed by atoms with Crippen molar-refractivity contribution in [2.24, 2.45) is 5.92 Å². The van der Waals surface area contributed by atoms with Crippen LogP contribution in [0, 0.1) is 12.8 Å². The number of likely N-dealkylation sites (N-methyl/N-ethyl adjacent to an activating group) is 1. The SMILES string of the molecule is CC.CCCC(=O)N(C)C(CC(C)C)C(=O)N1CC(O)CC1C(=O)NCc1ccc(-c2scnc2C)cc1. The number of aliphatic hydroxyl groups is 1. The van der Waals surface area contributed by atoms with Gasteiger partial charge in [0, 0.05) is 33.0 Å². The van der Waals surface area contributed by atoms with E-state index in [4.69, 9.17) is 0 Å². The van der Waals surface area contributed by atoms with E-state index in [0.29, 0.717) is 25.8 Å². The normalized spacial score (nSPS) is 17.6. The van der Waals surface area contributed by atoms with Gasteiger partial charge in [0.1, 0.15) is 12.1 Å². The van der Waals surface area contributed by atoms with Gasteiger partial charge < -0.3 is 20.2 Å². The Kier molecular flexibility index (Phi) is 12.4. The van der Waals surface area contributed by atoms with Gasteiger partial charge in [-0.3, -0.25) is 14.4 Å². The second-order valence-corrected chi connectivity index (χ2v) is 10.8. The number of aromatic nitrogens is 1. The number of hydrogen-bond donors (Lipinski definition) is 2. The van der Waals surface area contributed by atoms with Crippen LogP contribution in [-0.2, 0) is 20.9 Å². The maximum atomic E-state index is 13.6. The summed E-state index contributed by atoms with van der Waals surface area (Å²) in [4.78, 5) is 47.7. The van der Waals surface area contributed by atoms with Crippen LogP contribution < -0.4 is 5.32 Å². The molecule has 0 spiro atoms. The number of carbonyl (C=O) groups is 3. The number of nitrogens with zero attached hydrogens (tertiary/aromatic N) is 3. The summed E-state index contributed by atoms with van der Waals surface area (Å²) in [5, 5.41) is 13.3. The third-order valence-corrected chi connectivity index (χ3v) is 7.58. The van der Waals surface area contributed by atoms with Gasteiger partial charge in [0.25, 0.3) is 0 Å². The Morgan fingerprint density at radius 2 is 1.87 bits per heavy atom.